The number of anilines is 1. The number of carboxylic acids is 1. The number of halogens is 1. The van der Waals surface area contributed by atoms with Crippen molar-refractivity contribution in [2.45, 2.75) is 19.4 Å². The average Bonchev–Trinajstić information content (AvgIpc) is 2.66. The number of carbonyl (C=O) groups is 1. The van der Waals surface area contributed by atoms with Crippen molar-refractivity contribution in [3.8, 4) is 0 Å². The normalized spacial score (nSPS) is 10.5. The van der Waals surface area contributed by atoms with E-state index in [9.17, 15) is 14.3 Å². The van der Waals surface area contributed by atoms with Crippen LogP contribution >= 0.6 is 0 Å². The maximum absolute atomic E-state index is 13.0. The Morgan fingerprint density at radius 2 is 1.50 bits per heavy atom. The molecular formula is C22H20FNO2. The molecule has 3 aromatic carbocycles. The Labute approximate surface area is 152 Å². The molecule has 0 saturated carbocycles. The molecule has 0 bridgehead atoms. The number of benzene rings is 3. The fourth-order valence-electron chi connectivity index (χ4n) is 2.81. The maximum atomic E-state index is 13.0. The highest BCUT2D eigenvalue weighted by Gasteiger charge is 2.11. The van der Waals surface area contributed by atoms with Crippen molar-refractivity contribution in [1.82, 2.24) is 0 Å². The second-order valence-electron chi connectivity index (χ2n) is 6.15. The van der Waals surface area contributed by atoms with E-state index in [1.54, 1.807) is 18.2 Å². The lowest BCUT2D eigenvalue weighted by molar-refractivity contribution is 0.0698. The lowest BCUT2D eigenvalue weighted by Crippen LogP contribution is -2.07. The molecular weight excluding hydrogens is 329 g/mol. The van der Waals surface area contributed by atoms with Crippen LogP contribution in [0.25, 0.3) is 0 Å². The molecule has 26 heavy (non-hydrogen) atoms. The highest BCUT2D eigenvalue weighted by Crippen LogP contribution is 2.20. The van der Waals surface area contributed by atoms with Crippen LogP contribution in [0.2, 0.25) is 0 Å². The number of hydrogen-bond acceptors (Lipinski definition) is 2. The topological polar surface area (TPSA) is 49.3 Å². The van der Waals surface area contributed by atoms with Gasteiger partial charge in [-0.2, -0.15) is 0 Å². The molecule has 3 aromatic rings. The van der Waals surface area contributed by atoms with E-state index >= 15 is 0 Å². The van der Waals surface area contributed by atoms with Gasteiger partial charge in [0.05, 0.1) is 5.56 Å². The maximum Gasteiger partial charge on any atom is 0.337 e. The summed E-state index contributed by atoms with van der Waals surface area (Å²) >= 11 is 0. The molecule has 2 N–H and O–H groups in total. The minimum Gasteiger partial charge on any atom is -0.478 e. The number of aromatic carboxylic acids is 1. The van der Waals surface area contributed by atoms with E-state index in [1.165, 1.54) is 17.7 Å². The largest absolute Gasteiger partial charge is 0.478 e. The first-order chi connectivity index (χ1) is 12.6. The van der Waals surface area contributed by atoms with E-state index in [-0.39, 0.29) is 11.4 Å². The quantitative estimate of drug-likeness (QED) is 0.636. The van der Waals surface area contributed by atoms with Gasteiger partial charge in [0.15, 0.2) is 0 Å². The summed E-state index contributed by atoms with van der Waals surface area (Å²) in [6.45, 7) is 0.433. The van der Waals surface area contributed by atoms with Crippen molar-refractivity contribution in [3.63, 3.8) is 0 Å². The summed E-state index contributed by atoms with van der Waals surface area (Å²) in [6.07, 6.45) is 1.72. The Bertz CT molecular complexity index is 876. The van der Waals surface area contributed by atoms with Gasteiger partial charge < -0.3 is 10.4 Å². The van der Waals surface area contributed by atoms with Crippen LogP contribution in [0.15, 0.2) is 72.8 Å². The zero-order valence-electron chi connectivity index (χ0n) is 14.3. The molecule has 3 nitrogen and oxygen atoms in total. The van der Waals surface area contributed by atoms with Gasteiger partial charge in [0.25, 0.3) is 0 Å². The second kappa shape index (κ2) is 8.30. The zero-order chi connectivity index (χ0) is 18.4. The number of nitrogens with one attached hydrogen (secondary N) is 1. The summed E-state index contributed by atoms with van der Waals surface area (Å²) in [6, 6.07) is 21.7. The van der Waals surface area contributed by atoms with Crippen molar-refractivity contribution in [2.75, 3.05) is 5.32 Å². The van der Waals surface area contributed by atoms with Crippen molar-refractivity contribution >= 4 is 11.7 Å². The third kappa shape index (κ3) is 4.70. The molecule has 0 fully saturated rings. The summed E-state index contributed by atoms with van der Waals surface area (Å²) in [7, 11) is 0. The van der Waals surface area contributed by atoms with Crippen LogP contribution in [0.3, 0.4) is 0 Å². The summed E-state index contributed by atoms with van der Waals surface area (Å²) < 4.78 is 13.0. The van der Waals surface area contributed by atoms with E-state index in [2.05, 4.69) is 17.4 Å². The van der Waals surface area contributed by atoms with Gasteiger partial charge in [-0.1, -0.05) is 48.5 Å². The average molecular weight is 349 g/mol. The van der Waals surface area contributed by atoms with E-state index in [0.29, 0.717) is 12.2 Å². The van der Waals surface area contributed by atoms with Crippen LogP contribution < -0.4 is 5.32 Å². The molecule has 0 heterocycles. The van der Waals surface area contributed by atoms with Gasteiger partial charge in [-0.15, -0.1) is 0 Å². The van der Waals surface area contributed by atoms with Crippen molar-refractivity contribution < 1.29 is 14.3 Å². The standard InChI is InChI=1S/C22H20FNO2/c23-19-11-8-18(9-12-19)15-24-21-14-17(10-13-20(21)22(25)26)7-6-16-4-2-1-3-5-16/h1-5,8-14,24H,6-7,15H2,(H,25,26). The van der Waals surface area contributed by atoms with Crippen LogP contribution in [0.5, 0.6) is 0 Å². The Morgan fingerprint density at radius 1 is 0.846 bits per heavy atom. The van der Waals surface area contributed by atoms with Crippen LogP contribution in [0, 0.1) is 5.82 Å². The van der Waals surface area contributed by atoms with Crippen LogP contribution in [-0.2, 0) is 19.4 Å². The number of rotatable bonds is 7. The third-order valence-electron chi connectivity index (χ3n) is 4.26. The van der Waals surface area contributed by atoms with Crippen LogP contribution in [0.1, 0.15) is 27.0 Å². The zero-order valence-corrected chi connectivity index (χ0v) is 14.3. The van der Waals surface area contributed by atoms with E-state index in [0.717, 1.165) is 24.0 Å². The predicted molar refractivity (Wildman–Crippen MR) is 101 cm³/mol. The molecule has 0 unspecified atom stereocenters. The van der Waals surface area contributed by atoms with Crippen LogP contribution in [0.4, 0.5) is 10.1 Å². The highest BCUT2D eigenvalue weighted by atomic mass is 19.1. The molecule has 0 radical (unpaired) electrons. The fourth-order valence-corrected chi connectivity index (χ4v) is 2.81. The summed E-state index contributed by atoms with van der Waals surface area (Å²) in [5.74, 6) is -1.26. The number of hydrogen-bond donors (Lipinski definition) is 2. The smallest absolute Gasteiger partial charge is 0.337 e. The summed E-state index contributed by atoms with van der Waals surface area (Å²) in [5.41, 5.74) is 4.01. The van der Waals surface area contributed by atoms with E-state index < -0.39 is 5.97 Å². The van der Waals surface area contributed by atoms with Gasteiger partial charge in [-0.25, -0.2) is 9.18 Å². The molecule has 0 spiro atoms. The molecule has 0 aliphatic heterocycles. The molecule has 4 heteroatoms. The van der Waals surface area contributed by atoms with Gasteiger partial charge in [-0.3, -0.25) is 0 Å². The molecule has 0 aliphatic carbocycles. The second-order valence-corrected chi connectivity index (χ2v) is 6.15. The summed E-state index contributed by atoms with van der Waals surface area (Å²) in [4.78, 5) is 11.5. The first-order valence-electron chi connectivity index (χ1n) is 8.50. The first kappa shape index (κ1) is 17.7. The molecule has 0 aromatic heterocycles. The molecule has 0 atom stereocenters. The van der Waals surface area contributed by atoms with E-state index in [1.807, 2.05) is 30.3 Å². The minimum atomic E-state index is -0.971. The predicted octanol–water partition coefficient (Wildman–Crippen LogP) is 4.92. The van der Waals surface area contributed by atoms with Gasteiger partial charge in [0, 0.05) is 12.2 Å². The Hall–Kier alpha value is -3.14. The molecule has 132 valence electrons. The van der Waals surface area contributed by atoms with Gasteiger partial charge in [0.1, 0.15) is 5.82 Å². The lowest BCUT2D eigenvalue weighted by Gasteiger charge is -2.12. The van der Waals surface area contributed by atoms with Gasteiger partial charge in [-0.05, 0) is 53.8 Å². The van der Waals surface area contributed by atoms with Gasteiger partial charge in [0.2, 0.25) is 0 Å². The number of carboxylic acid groups (broad SMARTS) is 1. The monoisotopic (exact) mass is 349 g/mol. The lowest BCUT2D eigenvalue weighted by atomic mass is 10.0. The first-order valence-corrected chi connectivity index (χ1v) is 8.50. The van der Waals surface area contributed by atoms with Crippen molar-refractivity contribution in [3.05, 3.63) is 101 Å². The highest BCUT2D eigenvalue weighted by molar-refractivity contribution is 5.94. The SMILES string of the molecule is O=C(O)c1ccc(CCc2ccccc2)cc1NCc1ccc(F)cc1. The Balaban J connectivity index is 1.73. The molecule has 0 amide bonds. The van der Waals surface area contributed by atoms with Crippen molar-refractivity contribution in [2.24, 2.45) is 0 Å². The summed E-state index contributed by atoms with van der Waals surface area (Å²) in [5, 5.41) is 12.6. The minimum absolute atomic E-state index is 0.232. The van der Waals surface area contributed by atoms with Crippen LogP contribution in [-0.4, -0.2) is 11.1 Å². The molecule has 3 rings (SSSR count). The molecule has 0 aliphatic rings. The van der Waals surface area contributed by atoms with Crippen molar-refractivity contribution in [1.29, 1.82) is 0 Å². The number of aryl methyl sites for hydroxylation is 2. The van der Waals surface area contributed by atoms with E-state index in [4.69, 9.17) is 0 Å². The molecule has 0 saturated heterocycles. The third-order valence-corrected chi connectivity index (χ3v) is 4.26. The van der Waals surface area contributed by atoms with Gasteiger partial charge >= 0.3 is 5.97 Å². The fraction of sp³-hybridized carbons (Fsp3) is 0.136. The Morgan fingerprint density at radius 3 is 2.19 bits per heavy atom. The Kier molecular flexibility index (Phi) is 5.64.